The van der Waals surface area contributed by atoms with Gasteiger partial charge in [-0.15, -0.1) is 0 Å². The second kappa shape index (κ2) is 6.11. The van der Waals surface area contributed by atoms with Crippen molar-refractivity contribution < 1.29 is 9.47 Å². The molecule has 0 amide bonds. The summed E-state index contributed by atoms with van der Waals surface area (Å²) in [5.41, 5.74) is 2.34. The number of nitrogen functional groups attached to an aromatic ring is 1. The van der Waals surface area contributed by atoms with Crippen LogP contribution < -0.4 is 16.0 Å². The maximum absolute atomic E-state index is 5.28. The number of aromatic nitrogens is 2. The fraction of sp³-hybridized carbons (Fsp3) is 0.500. The molecule has 0 unspecified atom stereocenters. The normalized spacial score (nSPS) is 9.86. The molecule has 14 heavy (non-hydrogen) atoms. The van der Waals surface area contributed by atoms with E-state index in [0.717, 1.165) is 0 Å². The lowest BCUT2D eigenvalue weighted by Gasteiger charge is -2.05. The van der Waals surface area contributed by atoms with E-state index in [-0.39, 0.29) is 0 Å². The molecule has 0 fully saturated rings. The minimum atomic E-state index is 0.332. The Balaban J connectivity index is 2.34. The van der Waals surface area contributed by atoms with Gasteiger partial charge in [-0.25, -0.2) is 10.8 Å². The molecule has 0 radical (unpaired) electrons. The Morgan fingerprint density at radius 2 is 2.36 bits per heavy atom. The minimum absolute atomic E-state index is 0.332. The van der Waals surface area contributed by atoms with E-state index in [2.05, 4.69) is 15.4 Å². The maximum Gasteiger partial charge on any atom is 0.240 e. The van der Waals surface area contributed by atoms with Crippen molar-refractivity contribution in [3.05, 3.63) is 12.3 Å². The summed E-state index contributed by atoms with van der Waals surface area (Å²) >= 11 is 0. The van der Waals surface area contributed by atoms with Crippen molar-refractivity contribution >= 4 is 5.95 Å². The molecule has 0 saturated carbocycles. The molecule has 0 aliphatic rings. The van der Waals surface area contributed by atoms with Crippen molar-refractivity contribution in [2.24, 2.45) is 5.84 Å². The number of rotatable bonds is 6. The molecule has 0 spiro atoms. The fourth-order valence-electron chi connectivity index (χ4n) is 0.842. The number of hydrogen-bond acceptors (Lipinski definition) is 6. The lowest BCUT2D eigenvalue weighted by atomic mass is 10.6. The molecule has 1 aromatic heterocycles. The van der Waals surface area contributed by atoms with Crippen molar-refractivity contribution in [2.45, 2.75) is 6.92 Å². The van der Waals surface area contributed by atoms with Crippen LogP contribution in [0, 0.1) is 0 Å². The van der Waals surface area contributed by atoms with Crippen LogP contribution in [0.1, 0.15) is 6.92 Å². The van der Waals surface area contributed by atoms with Gasteiger partial charge in [0.05, 0.1) is 6.61 Å². The second-order valence-corrected chi connectivity index (χ2v) is 2.41. The fourth-order valence-corrected chi connectivity index (χ4v) is 0.842. The Hall–Kier alpha value is -1.40. The molecule has 0 aliphatic heterocycles. The third kappa shape index (κ3) is 3.55. The SMILES string of the molecule is CCOCCOc1ccnc(NN)n1. The number of anilines is 1. The van der Waals surface area contributed by atoms with Gasteiger partial charge in [0.15, 0.2) is 0 Å². The summed E-state index contributed by atoms with van der Waals surface area (Å²) in [7, 11) is 0. The van der Waals surface area contributed by atoms with E-state index < -0.39 is 0 Å². The predicted octanol–water partition coefficient (Wildman–Crippen LogP) is 0.177. The Labute approximate surface area is 82.4 Å². The number of hydrogen-bond donors (Lipinski definition) is 2. The van der Waals surface area contributed by atoms with Crippen LogP contribution in [-0.2, 0) is 4.74 Å². The average Bonchev–Trinajstić information content (AvgIpc) is 2.25. The van der Waals surface area contributed by atoms with Crippen LogP contribution in [0.2, 0.25) is 0 Å². The molecular formula is C8H14N4O2. The van der Waals surface area contributed by atoms with Crippen LogP contribution in [0.4, 0.5) is 5.95 Å². The van der Waals surface area contributed by atoms with Crippen LogP contribution in [-0.4, -0.2) is 29.8 Å². The van der Waals surface area contributed by atoms with Gasteiger partial charge in [-0.1, -0.05) is 0 Å². The monoisotopic (exact) mass is 198 g/mol. The van der Waals surface area contributed by atoms with E-state index in [0.29, 0.717) is 31.6 Å². The van der Waals surface area contributed by atoms with Crippen LogP contribution in [0.25, 0.3) is 0 Å². The molecule has 6 nitrogen and oxygen atoms in total. The van der Waals surface area contributed by atoms with E-state index >= 15 is 0 Å². The first kappa shape index (κ1) is 10.7. The van der Waals surface area contributed by atoms with Crippen molar-refractivity contribution in [2.75, 3.05) is 25.2 Å². The smallest absolute Gasteiger partial charge is 0.240 e. The van der Waals surface area contributed by atoms with Crippen LogP contribution in [0.5, 0.6) is 5.88 Å². The summed E-state index contributed by atoms with van der Waals surface area (Å²) in [6, 6.07) is 1.66. The molecule has 1 aromatic rings. The molecule has 0 saturated heterocycles. The minimum Gasteiger partial charge on any atom is -0.475 e. The lowest BCUT2D eigenvalue weighted by Crippen LogP contribution is -2.12. The van der Waals surface area contributed by atoms with Gasteiger partial charge in [0.1, 0.15) is 6.61 Å². The molecular weight excluding hydrogens is 184 g/mol. The number of hydrazine groups is 1. The molecule has 1 heterocycles. The van der Waals surface area contributed by atoms with Crippen molar-refractivity contribution in [3.63, 3.8) is 0 Å². The van der Waals surface area contributed by atoms with Gasteiger partial charge < -0.3 is 9.47 Å². The Kier molecular flexibility index (Phi) is 4.66. The highest BCUT2D eigenvalue weighted by Crippen LogP contribution is 2.06. The Morgan fingerprint density at radius 3 is 3.07 bits per heavy atom. The number of ether oxygens (including phenoxy) is 2. The lowest BCUT2D eigenvalue weighted by molar-refractivity contribution is 0.108. The Bertz CT molecular complexity index is 269. The number of nitrogens with zero attached hydrogens (tertiary/aromatic N) is 2. The highest BCUT2D eigenvalue weighted by atomic mass is 16.5. The second-order valence-electron chi connectivity index (χ2n) is 2.41. The molecule has 3 N–H and O–H groups in total. The maximum atomic E-state index is 5.28. The standard InChI is InChI=1S/C8H14N4O2/c1-2-13-5-6-14-7-3-4-10-8(11-7)12-9/h3-4H,2,5-6,9H2,1H3,(H,10,11,12). The van der Waals surface area contributed by atoms with Gasteiger partial charge in [0, 0.05) is 18.9 Å². The zero-order chi connectivity index (χ0) is 10.2. The Morgan fingerprint density at radius 1 is 1.50 bits per heavy atom. The van der Waals surface area contributed by atoms with Crippen molar-refractivity contribution in [1.29, 1.82) is 0 Å². The van der Waals surface area contributed by atoms with Crippen LogP contribution in [0.15, 0.2) is 12.3 Å². The molecule has 1 rings (SSSR count). The first-order valence-corrected chi connectivity index (χ1v) is 4.37. The highest BCUT2D eigenvalue weighted by Gasteiger charge is 1.97. The predicted molar refractivity (Wildman–Crippen MR) is 51.8 cm³/mol. The topological polar surface area (TPSA) is 82.3 Å². The summed E-state index contributed by atoms with van der Waals surface area (Å²) in [5, 5.41) is 0. The molecule has 0 aromatic carbocycles. The third-order valence-corrected chi connectivity index (χ3v) is 1.44. The van der Waals surface area contributed by atoms with Gasteiger partial charge in [-0.3, -0.25) is 5.43 Å². The third-order valence-electron chi connectivity index (χ3n) is 1.44. The molecule has 0 atom stereocenters. The zero-order valence-corrected chi connectivity index (χ0v) is 8.06. The van der Waals surface area contributed by atoms with E-state index in [9.17, 15) is 0 Å². The van der Waals surface area contributed by atoms with Crippen LogP contribution in [0.3, 0.4) is 0 Å². The van der Waals surface area contributed by atoms with E-state index in [1.165, 1.54) is 0 Å². The first-order valence-electron chi connectivity index (χ1n) is 4.37. The van der Waals surface area contributed by atoms with Gasteiger partial charge in [0.2, 0.25) is 11.8 Å². The highest BCUT2D eigenvalue weighted by molar-refractivity contribution is 5.25. The quantitative estimate of drug-likeness (QED) is 0.385. The van der Waals surface area contributed by atoms with Crippen molar-refractivity contribution in [3.8, 4) is 5.88 Å². The van der Waals surface area contributed by atoms with Gasteiger partial charge in [-0.05, 0) is 6.92 Å². The van der Waals surface area contributed by atoms with Gasteiger partial charge in [-0.2, -0.15) is 4.98 Å². The van der Waals surface area contributed by atoms with Gasteiger partial charge in [0.25, 0.3) is 0 Å². The largest absolute Gasteiger partial charge is 0.475 e. The van der Waals surface area contributed by atoms with E-state index in [1.807, 2.05) is 6.92 Å². The summed E-state index contributed by atoms with van der Waals surface area (Å²) in [4.78, 5) is 7.81. The summed E-state index contributed by atoms with van der Waals surface area (Å²) in [5.74, 6) is 5.95. The van der Waals surface area contributed by atoms with E-state index in [4.69, 9.17) is 15.3 Å². The zero-order valence-electron chi connectivity index (χ0n) is 8.06. The molecule has 0 aliphatic carbocycles. The summed E-state index contributed by atoms with van der Waals surface area (Å²) < 4.78 is 10.4. The van der Waals surface area contributed by atoms with Crippen molar-refractivity contribution in [1.82, 2.24) is 9.97 Å². The average molecular weight is 198 g/mol. The van der Waals surface area contributed by atoms with E-state index in [1.54, 1.807) is 12.3 Å². The summed E-state index contributed by atoms with van der Waals surface area (Å²) in [6.45, 7) is 3.63. The van der Waals surface area contributed by atoms with Gasteiger partial charge >= 0.3 is 0 Å². The molecule has 0 bridgehead atoms. The van der Waals surface area contributed by atoms with Crippen LogP contribution >= 0.6 is 0 Å². The first-order chi connectivity index (χ1) is 6.86. The molecule has 6 heteroatoms. The summed E-state index contributed by atoms with van der Waals surface area (Å²) in [6.07, 6.45) is 1.57. The number of nitrogens with two attached hydrogens (primary N) is 1. The molecule has 78 valence electrons. The number of nitrogens with one attached hydrogen (secondary N) is 1.